The molecule has 0 saturated heterocycles. The number of aryl methyl sites for hydroxylation is 4. The van der Waals surface area contributed by atoms with E-state index in [0.717, 1.165) is 56.1 Å². The van der Waals surface area contributed by atoms with E-state index in [2.05, 4.69) is 20.9 Å². The Bertz CT molecular complexity index is 2610. The SMILES string of the molecule is CC(=O)Nc1c(C)cc(C)c(Nc2ccc3c(-c4ccccc4S(=O)(=O)O)c4ccc(=[NH+]c5c(C)cc(C)c(NC(C)=O)c5C)cc-4oc3c2)c1C. The van der Waals surface area contributed by atoms with E-state index in [1.54, 1.807) is 18.2 Å². The van der Waals surface area contributed by atoms with Gasteiger partial charge in [-0.2, -0.15) is 8.42 Å². The van der Waals surface area contributed by atoms with Crippen molar-refractivity contribution in [2.75, 3.05) is 16.0 Å². The first-order valence-corrected chi connectivity index (χ1v) is 18.2. The van der Waals surface area contributed by atoms with Gasteiger partial charge in [0, 0.05) is 76.2 Å². The molecule has 0 atom stereocenters. The van der Waals surface area contributed by atoms with Crippen LogP contribution >= 0.6 is 0 Å². The maximum atomic E-state index is 12.6. The highest BCUT2D eigenvalue weighted by atomic mass is 32.2. The number of amides is 2. The Morgan fingerprint density at radius 3 is 1.96 bits per heavy atom. The van der Waals surface area contributed by atoms with E-state index < -0.39 is 10.1 Å². The summed E-state index contributed by atoms with van der Waals surface area (Å²) in [5.41, 5.74) is 11.5. The van der Waals surface area contributed by atoms with Crippen LogP contribution in [0.2, 0.25) is 0 Å². The van der Waals surface area contributed by atoms with Crippen LogP contribution in [0.4, 0.5) is 28.4 Å². The number of fused-ring (bicyclic) bond motifs is 2. The normalized spacial score (nSPS) is 12.0. The Hall–Kier alpha value is -5.78. The summed E-state index contributed by atoms with van der Waals surface area (Å²) in [5, 5.41) is 10.7. The predicted octanol–water partition coefficient (Wildman–Crippen LogP) is 7.28. The first kappa shape index (κ1) is 36.0. The second-order valence-corrected chi connectivity index (χ2v) is 14.6. The Kier molecular flexibility index (Phi) is 9.52. The molecule has 1 aliphatic carbocycles. The molecule has 1 aliphatic heterocycles. The fourth-order valence-electron chi connectivity index (χ4n) is 7.02. The van der Waals surface area contributed by atoms with E-state index in [-0.39, 0.29) is 16.7 Å². The maximum Gasteiger partial charge on any atom is 0.295 e. The van der Waals surface area contributed by atoms with Gasteiger partial charge < -0.3 is 20.4 Å². The third kappa shape index (κ3) is 6.92. The number of nitrogens with one attached hydrogen (secondary N) is 4. The van der Waals surface area contributed by atoms with Crippen LogP contribution in [0.15, 0.2) is 82.1 Å². The van der Waals surface area contributed by atoms with Crippen molar-refractivity contribution in [1.29, 1.82) is 0 Å². The van der Waals surface area contributed by atoms with Gasteiger partial charge in [0.15, 0.2) is 0 Å². The van der Waals surface area contributed by atoms with Gasteiger partial charge in [0.1, 0.15) is 16.2 Å². The third-order valence-corrected chi connectivity index (χ3v) is 10.2. The highest BCUT2D eigenvalue weighted by Gasteiger charge is 2.25. The summed E-state index contributed by atoms with van der Waals surface area (Å²) in [5.74, 6) is 0.143. The van der Waals surface area contributed by atoms with Crippen molar-refractivity contribution in [2.24, 2.45) is 0 Å². The highest BCUT2D eigenvalue weighted by Crippen LogP contribution is 2.43. The maximum absolute atomic E-state index is 12.6. The molecule has 10 nitrogen and oxygen atoms in total. The molecule has 0 fully saturated rings. The molecule has 4 aromatic rings. The molecular weight excluding hydrogens is 677 g/mol. The lowest BCUT2D eigenvalue weighted by atomic mass is 9.93. The number of rotatable bonds is 7. The number of carbonyl (C=O) groups excluding carboxylic acids is 2. The second-order valence-electron chi connectivity index (χ2n) is 13.3. The molecule has 11 heteroatoms. The zero-order chi connectivity index (χ0) is 37.6. The quantitative estimate of drug-likeness (QED) is 0.0860. The van der Waals surface area contributed by atoms with Gasteiger partial charge in [0.05, 0.1) is 11.8 Å². The largest absolute Gasteiger partial charge is 0.456 e. The molecule has 2 aliphatic rings. The number of hydrogen-bond acceptors (Lipinski definition) is 6. The molecule has 4 aromatic carbocycles. The van der Waals surface area contributed by atoms with Crippen molar-refractivity contribution >= 4 is 61.3 Å². The van der Waals surface area contributed by atoms with Crippen LogP contribution in [0.5, 0.6) is 0 Å². The molecule has 5 N–H and O–H groups in total. The standard InChI is InChI=1S/C41H40N4O6S/c1-21-17-23(3)40(25(5)38(21)42-27(7)46)44-29-13-15-31-34(19-29)51-35-20-30(45-41-24(4)18-22(2)39(26(41)6)43-28(8)47)14-16-32(35)37(31)33-11-9-10-12-36(33)52(48,49)50/h9-20,44H,1-8H3,(H,42,46)(H,43,47)(H,48,49,50)/p+1. The molecule has 6 rings (SSSR count). The van der Waals surface area contributed by atoms with Crippen LogP contribution in [0.3, 0.4) is 0 Å². The summed E-state index contributed by atoms with van der Waals surface area (Å²) in [6, 6.07) is 21.5. The first-order chi connectivity index (χ1) is 24.5. The Labute approximate surface area is 302 Å². The van der Waals surface area contributed by atoms with Crippen LogP contribution in [0.25, 0.3) is 33.4 Å². The summed E-state index contributed by atoms with van der Waals surface area (Å²) < 4.78 is 42.1. The lowest BCUT2D eigenvalue weighted by Gasteiger charge is -2.20. The lowest BCUT2D eigenvalue weighted by Crippen LogP contribution is -2.71. The van der Waals surface area contributed by atoms with Crippen LogP contribution in [-0.2, 0) is 19.7 Å². The highest BCUT2D eigenvalue weighted by molar-refractivity contribution is 7.86. The van der Waals surface area contributed by atoms with E-state index in [1.807, 2.05) is 90.1 Å². The van der Waals surface area contributed by atoms with Gasteiger partial charge in [-0.05, 0) is 94.1 Å². The van der Waals surface area contributed by atoms with Crippen molar-refractivity contribution in [3.8, 4) is 22.5 Å². The van der Waals surface area contributed by atoms with Gasteiger partial charge in [0.25, 0.3) is 10.1 Å². The zero-order valence-electron chi connectivity index (χ0n) is 30.3. The van der Waals surface area contributed by atoms with E-state index >= 15 is 0 Å². The second kappa shape index (κ2) is 13.7. The van der Waals surface area contributed by atoms with Crippen LogP contribution in [0.1, 0.15) is 47.2 Å². The minimum Gasteiger partial charge on any atom is -0.456 e. The molecular formula is C41H41N4O6S+. The van der Waals surface area contributed by atoms with Crippen molar-refractivity contribution < 1.29 is 32.0 Å². The van der Waals surface area contributed by atoms with Crippen LogP contribution in [-0.4, -0.2) is 24.8 Å². The molecule has 0 spiro atoms. The van der Waals surface area contributed by atoms with E-state index in [9.17, 15) is 22.6 Å². The summed E-state index contributed by atoms with van der Waals surface area (Å²) in [6.07, 6.45) is 0. The molecule has 0 unspecified atom stereocenters. The fourth-order valence-corrected chi connectivity index (χ4v) is 7.71. The van der Waals surface area contributed by atoms with E-state index in [0.29, 0.717) is 44.5 Å². The summed E-state index contributed by atoms with van der Waals surface area (Å²) >= 11 is 0. The van der Waals surface area contributed by atoms with E-state index in [1.165, 1.54) is 19.9 Å². The number of benzene rings is 5. The smallest absolute Gasteiger partial charge is 0.295 e. The Balaban J connectivity index is 1.60. The molecule has 0 radical (unpaired) electrons. The fraction of sp³-hybridized carbons (Fsp3) is 0.195. The van der Waals surface area contributed by atoms with Gasteiger partial charge in [0.2, 0.25) is 22.9 Å². The van der Waals surface area contributed by atoms with Crippen molar-refractivity contribution in [1.82, 2.24) is 0 Å². The Morgan fingerprint density at radius 2 is 1.31 bits per heavy atom. The topological polar surface area (TPSA) is 152 Å². The average molecular weight is 718 g/mol. The molecule has 0 bridgehead atoms. The minimum absolute atomic E-state index is 0.162. The number of hydrogen-bond donors (Lipinski definition) is 5. The van der Waals surface area contributed by atoms with Gasteiger partial charge >= 0.3 is 0 Å². The number of carbonyl (C=O) groups is 2. The van der Waals surface area contributed by atoms with Crippen LogP contribution in [0, 0.1) is 41.5 Å². The summed E-state index contributed by atoms with van der Waals surface area (Å²) in [6.45, 7) is 14.7. The molecule has 52 heavy (non-hydrogen) atoms. The molecule has 1 heterocycles. The monoisotopic (exact) mass is 717 g/mol. The van der Waals surface area contributed by atoms with Gasteiger partial charge in [-0.3, -0.25) is 14.1 Å². The van der Waals surface area contributed by atoms with Crippen molar-refractivity contribution in [2.45, 2.75) is 60.3 Å². The van der Waals surface area contributed by atoms with Crippen molar-refractivity contribution in [3.63, 3.8) is 0 Å². The molecule has 2 amide bonds. The minimum atomic E-state index is -4.58. The third-order valence-electron chi connectivity index (χ3n) is 9.24. The molecule has 266 valence electrons. The Morgan fingerprint density at radius 1 is 0.692 bits per heavy atom. The lowest BCUT2D eigenvalue weighted by molar-refractivity contribution is -0.403. The predicted molar refractivity (Wildman–Crippen MR) is 205 cm³/mol. The van der Waals surface area contributed by atoms with Gasteiger partial charge in [-0.1, -0.05) is 24.3 Å². The van der Waals surface area contributed by atoms with E-state index in [4.69, 9.17) is 4.42 Å². The molecule has 0 aromatic heterocycles. The molecule has 0 saturated carbocycles. The first-order valence-electron chi connectivity index (χ1n) is 16.7. The van der Waals surface area contributed by atoms with Gasteiger partial charge in [-0.25, -0.2) is 4.99 Å². The van der Waals surface area contributed by atoms with Gasteiger partial charge in [-0.15, -0.1) is 0 Å². The summed E-state index contributed by atoms with van der Waals surface area (Å²) in [7, 11) is -4.58. The average Bonchev–Trinajstić information content (AvgIpc) is 3.07. The zero-order valence-corrected chi connectivity index (χ0v) is 31.1. The summed E-state index contributed by atoms with van der Waals surface area (Å²) in [4.78, 5) is 27.2. The number of anilines is 4. The van der Waals surface area contributed by atoms with Crippen LogP contribution < -0.4 is 26.3 Å². The van der Waals surface area contributed by atoms with Crippen molar-refractivity contribution in [3.05, 3.63) is 112 Å².